The van der Waals surface area contributed by atoms with E-state index in [4.69, 9.17) is 10.8 Å². The first kappa shape index (κ1) is 23.1. The Balaban J connectivity index is 1.63. The fraction of sp³-hybridized carbons (Fsp3) is 0.250. The van der Waals surface area contributed by atoms with Crippen molar-refractivity contribution in [1.29, 1.82) is 0 Å². The Morgan fingerprint density at radius 1 is 1.12 bits per heavy atom. The van der Waals surface area contributed by atoms with Gasteiger partial charge in [-0.25, -0.2) is 14.8 Å². The summed E-state index contributed by atoms with van der Waals surface area (Å²) in [5.41, 5.74) is 6.47. The van der Waals surface area contributed by atoms with Crippen LogP contribution in [0.15, 0.2) is 35.3 Å². The van der Waals surface area contributed by atoms with Crippen molar-refractivity contribution < 1.29 is 24.6 Å². The van der Waals surface area contributed by atoms with E-state index in [1.807, 2.05) is 0 Å². The third kappa shape index (κ3) is 5.78. The van der Waals surface area contributed by atoms with Crippen LogP contribution in [0.1, 0.15) is 29.4 Å². The van der Waals surface area contributed by atoms with Crippen molar-refractivity contribution in [3.05, 3.63) is 52.1 Å². The second-order valence-electron chi connectivity index (χ2n) is 7.25. The number of hydrogen-bond donors (Lipinski definition) is 6. The molecule has 2 aromatic heterocycles. The summed E-state index contributed by atoms with van der Waals surface area (Å²) < 4.78 is 0. The minimum atomic E-state index is -1.33. The van der Waals surface area contributed by atoms with Gasteiger partial charge in [0.2, 0.25) is 5.95 Å². The molecule has 0 saturated heterocycles. The molecule has 0 fully saturated rings. The average molecular weight is 455 g/mol. The predicted molar refractivity (Wildman–Crippen MR) is 116 cm³/mol. The highest BCUT2D eigenvalue weighted by atomic mass is 16.4. The summed E-state index contributed by atoms with van der Waals surface area (Å²) in [4.78, 5) is 61.2. The predicted octanol–water partition coefficient (Wildman–Crippen LogP) is 0.201. The smallest absolute Gasteiger partial charge is 0.326 e. The van der Waals surface area contributed by atoms with E-state index in [-0.39, 0.29) is 35.6 Å². The molecule has 1 unspecified atom stereocenters. The zero-order valence-electron chi connectivity index (χ0n) is 17.4. The lowest BCUT2D eigenvalue weighted by molar-refractivity contribution is -0.143. The summed E-state index contributed by atoms with van der Waals surface area (Å²) >= 11 is 0. The number of anilines is 2. The van der Waals surface area contributed by atoms with E-state index in [9.17, 15) is 24.3 Å². The van der Waals surface area contributed by atoms with Gasteiger partial charge in [-0.15, -0.1) is 0 Å². The van der Waals surface area contributed by atoms with E-state index in [2.05, 4.69) is 30.6 Å². The van der Waals surface area contributed by atoms with Crippen LogP contribution in [0.25, 0.3) is 11.2 Å². The zero-order valence-corrected chi connectivity index (χ0v) is 17.4. The van der Waals surface area contributed by atoms with Crippen molar-refractivity contribution in [3.8, 4) is 0 Å². The molecule has 172 valence electrons. The molecule has 0 aliphatic rings. The van der Waals surface area contributed by atoms with E-state index in [0.717, 1.165) is 0 Å². The first-order chi connectivity index (χ1) is 15.6. The van der Waals surface area contributed by atoms with Crippen molar-refractivity contribution in [2.45, 2.75) is 25.9 Å². The van der Waals surface area contributed by atoms with Gasteiger partial charge in [-0.2, -0.15) is 4.98 Å². The van der Waals surface area contributed by atoms with Gasteiger partial charge in [0.15, 0.2) is 11.2 Å². The largest absolute Gasteiger partial charge is 0.481 e. The van der Waals surface area contributed by atoms with Crippen LogP contribution >= 0.6 is 0 Å². The number of benzene rings is 1. The molecule has 0 bridgehead atoms. The number of aromatic nitrogens is 4. The number of fused-ring (bicyclic) bond motifs is 1. The van der Waals surface area contributed by atoms with Crippen LogP contribution in [0, 0.1) is 5.92 Å². The number of carbonyl (C=O) groups is 3. The van der Waals surface area contributed by atoms with Crippen LogP contribution < -0.4 is 21.9 Å². The monoisotopic (exact) mass is 455 g/mol. The van der Waals surface area contributed by atoms with Gasteiger partial charge >= 0.3 is 11.9 Å². The fourth-order valence-electron chi connectivity index (χ4n) is 2.91. The zero-order chi connectivity index (χ0) is 24.1. The number of nitrogens with one attached hydrogen (secondary N) is 3. The Morgan fingerprint density at radius 3 is 2.45 bits per heavy atom. The number of nitrogens with two attached hydrogens (primary N) is 1. The number of amides is 1. The van der Waals surface area contributed by atoms with E-state index >= 15 is 0 Å². The molecule has 7 N–H and O–H groups in total. The Hall–Kier alpha value is -4.55. The summed E-state index contributed by atoms with van der Waals surface area (Å²) in [5.74, 6) is -4.09. The molecule has 0 aliphatic carbocycles. The third-order valence-electron chi connectivity index (χ3n) is 4.72. The normalized spacial score (nSPS) is 12.6. The number of H-pyrrole nitrogens is 1. The molecular formula is C20H21N7O6. The van der Waals surface area contributed by atoms with E-state index in [1.165, 1.54) is 25.3 Å². The highest BCUT2D eigenvalue weighted by Gasteiger charge is 2.25. The maximum Gasteiger partial charge on any atom is 0.326 e. The number of hydrogen-bond acceptors (Lipinski definition) is 9. The highest BCUT2D eigenvalue weighted by Crippen LogP contribution is 2.13. The topological polar surface area (TPSA) is 213 Å². The molecule has 3 aromatic rings. The average Bonchev–Trinajstić information content (AvgIpc) is 2.77. The lowest BCUT2D eigenvalue weighted by Crippen LogP contribution is -2.42. The van der Waals surface area contributed by atoms with Crippen LogP contribution in [0.5, 0.6) is 0 Å². The molecule has 0 spiro atoms. The second-order valence-corrected chi connectivity index (χ2v) is 7.25. The number of nitrogens with zero attached hydrogens (tertiary/aromatic N) is 3. The minimum Gasteiger partial charge on any atom is -0.481 e. The van der Waals surface area contributed by atoms with Crippen LogP contribution in [-0.4, -0.2) is 54.0 Å². The number of aliphatic carboxylic acids is 2. The van der Waals surface area contributed by atoms with Crippen molar-refractivity contribution in [1.82, 2.24) is 25.3 Å². The van der Waals surface area contributed by atoms with Crippen LogP contribution in [0.3, 0.4) is 0 Å². The fourth-order valence-corrected chi connectivity index (χ4v) is 2.91. The van der Waals surface area contributed by atoms with E-state index < -0.39 is 35.4 Å². The van der Waals surface area contributed by atoms with Gasteiger partial charge in [0.25, 0.3) is 11.5 Å². The molecule has 2 atom stereocenters. The maximum atomic E-state index is 12.4. The second kappa shape index (κ2) is 9.72. The van der Waals surface area contributed by atoms with Gasteiger partial charge in [0, 0.05) is 11.3 Å². The van der Waals surface area contributed by atoms with Gasteiger partial charge in [-0.1, -0.05) is 6.92 Å². The third-order valence-corrected chi connectivity index (χ3v) is 4.72. The SMILES string of the molecule is CC(C[C@H](NC(=O)c1ccc(NCc2cnc3nc(N)[nH]c(=O)c3n2)cc1)C(=O)O)C(=O)O. The summed E-state index contributed by atoms with van der Waals surface area (Å²) in [5, 5.41) is 23.6. The standard InChI is InChI=1S/C20H21N7O6/c1-9(18(30)31)6-13(19(32)33)25-16(28)10-2-4-11(5-3-10)22-7-12-8-23-15-14(24-12)17(29)27-20(21)26-15/h2-5,8-9,13,22H,6-7H2,1H3,(H,25,28)(H,30,31)(H,32,33)(H3,21,23,26,27,29)/t9?,13-/m0/s1. The number of aromatic amines is 1. The summed E-state index contributed by atoms with van der Waals surface area (Å²) in [7, 11) is 0. The molecule has 2 heterocycles. The Labute approximate surface area is 186 Å². The first-order valence-corrected chi connectivity index (χ1v) is 9.76. The quantitative estimate of drug-likeness (QED) is 0.256. The Morgan fingerprint density at radius 2 is 1.82 bits per heavy atom. The number of carboxylic acids is 2. The van der Waals surface area contributed by atoms with Gasteiger partial charge < -0.3 is 26.6 Å². The molecule has 0 saturated carbocycles. The van der Waals surface area contributed by atoms with Gasteiger partial charge in [0.1, 0.15) is 6.04 Å². The molecule has 33 heavy (non-hydrogen) atoms. The number of rotatable bonds is 9. The van der Waals surface area contributed by atoms with E-state index in [1.54, 1.807) is 12.1 Å². The molecule has 0 radical (unpaired) electrons. The molecular weight excluding hydrogens is 434 g/mol. The van der Waals surface area contributed by atoms with Gasteiger partial charge in [-0.3, -0.25) is 19.4 Å². The minimum absolute atomic E-state index is 0.0529. The van der Waals surface area contributed by atoms with Crippen LogP contribution in [0.4, 0.5) is 11.6 Å². The highest BCUT2D eigenvalue weighted by molar-refractivity contribution is 5.97. The number of nitrogen functional groups attached to an aromatic ring is 1. The number of carbonyl (C=O) groups excluding carboxylic acids is 1. The van der Waals surface area contributed by atoms with Gasteiger partial charge in [0.05, 0.1) is 24.4 Å². The summed E-state index contributed by atoms with van der Waals surface area (Å²) in [6, 6.07) is 4.85. The molecule has 0 aliphatic heterocycles. The Bertz CT molecular complexity index is 1260. The van der Waals surface area contributed by atoms with Crippen molar-refractivity contribution in [2.24, 2.45) is 5.92 Å². The number of carboxylic acid groups (broad SMARTS) is 2. The van der Waals surface area contributed by atoms with Crippen molar-refractivity contribution in [2.75, 3.05) is 11.1 Å². The maximum absolute atomic E-state index is 12.4. The molecule has 1 aromatic carbocycles. The molecule has 13 heteroatoms. The Kier molecular flexibility index (Phi) is 6.81. The van der Waals surface area contributed by atoms with Crippen molar-refractivity contribution in [3.63, 3.8) is 0 Å². The molecule has 3 rings (SSSR count). The van der Waals surface area contributed by atoms with Crippen LogP contribution in [0.2, 0.25) is 0 Å². The summed E-state index contributed by atoms with van der Waals surface area (Å²) in [6.45, 7) is 1.60. The first-order valence-electron chi connectivity index (χ1n) is 9.76. The molecule has 1 amide bonds. The van der Waals surface area contributed by atoms with Crippen LogP contribution in [-0.2, 0) is 16.1 Å². The van der Waals surface area contributed by atoms with E-state index in [0.29, 0.717) is 11.4 Å². The van der Waals surface area contributed by atoms with Gasteiger partial charge in [-0.05, 0) is 30.7 Å². The lowest BCUT2D eigenvalue weighted by Gasteiger charge is -2.16. The van der Waals surface area contributed by atoms with Crippen molar-refractivity contribution >= 4 is 40.6 Å². The molecule has 13 nitrogen and oxygen atoms in total. The lowest BCUT2D eigenvalue weighted by atomic mass is 10.0. The summed E-state index contributed by atoms with van der Waals surface area (Å²) in [6.07, 6.45) is 1.21.